The molecule has 4 nitrogen and oxygen atoms in total. The summed E-state index contributed by atoms with van der Waals surface area (Å²) in [6.07, 6.45) is 1.73. The molecule has 1 aliphatic rings. The van der Waals surface area contributed by atoms with Crippen LogP contribution in [0, 0.1) is 0 Å². The fourth-order valence-corrected chi connectivity index (χ4v) is 1.94. The fraction of sp³-hybridized carbons (Fsp3) is 1.00. The Morgan fingerprint density at radius 3 is 2.57 bits per heavy atom. The molecule has 1 atom stereocenters. The summed E-state index contributed by atoms with van der Waals surface area (Å²) >= 11 is 0. The third kappa shape index (κ3) is 3.53. The maximum atomic E-state index is 9.88. The van der Waals surface area contributed by atoms with Crippen molar-refractivity contribution in [1.29, 1.82) is 0 Å². The number of ether oxygens (including phenoxy) is 2. The van der Waals surface area contributed by atoms with E-state index in [0.717, 1.165) is 25.9 Å². The average Bonchev–Trinajstić information content (AvgIpc) is 2.12. The van der Waals surface area contributed by atoms with E-state index in [1.165, 1.54) is 0 Å². The first-order valence-corrected chi connectivity index (χ1v) is 5.08. The first-order valence-electron chi connectivity index (χ1n) is 5.08. The van der Waals surface area contributed by atoms with E-state index in [1.54, 1.807) is 14.2 Å². The third-order valence-corrected chi connectivity index (χ3v) is 2.69. The van der Waals surface area contributed by atoms with Crippen molar-refractivity contribution in [1.82, 2.24) is 4.90 Å². The van der Waals surface area contributed by atoms with Crippen molar-refractivity contribution in [2.75, 3.05) is 33.9 Å². The standard InChI is InChI=1S/C10H21NO3/c1-10(12)5-4-6-11(8-10)7-9(13-2)14-3/h9,12H,4-8H2,1-3H3. The van der Waals surface area contributed by atoms with Gasteiger partial charge < -0.3 is 14.6 Å². The number of likely N-dealkylation sites (tertiary alicyclic amines) is 1. The molecule has 1 heterocycles. The summed E-state index contributed by atoms with van der Waals surface area (Å²) < 4.78 is 10.2. The smallest absolute Gasteiger partial charge is 0.169 e. The van der Waals surface area contributed by atoms with E-state index in [1.807, 2.05) is 6.92 Å². The Morgan fingerprint density at radius 1 is 1.43 bits per heavy atom. The summed E-state index contributed by atoms with van der Waals surface area (Å²) in [6, 6.07) is 0. The molecule has 0 amide bonds. The summed E-state index contributed by atoms with van der Waals surface area (Å²) in [6.45, 7) is 4.33. The van der Waals surface area contributed by atoms with Gasteiger partial charge in [-0.05, 0) is 26.3 Å². The molecule has 1 N–H and O–H groups in total. The van der Waals surface area contributed by atoms with Crippen LogP contribution in [0.25, 0.3) is 0 Å². The number of β-amino-alcohol motifs (C(OH)–C–C–N with tert-alkyl or cyclic N) is 1. The van der Waals surface area contributed by atoms with Gasteiger partial charge in [0.05, 0.1) is 5.60 Å². The number of methoxy groups -OCH3 is 2. The highest BCUT2D eigenvalue weighted by molar-refractivity contribution is 4.83. The summed E-state index contributed by atoms with van der Waals surface area (Å²) in [5, 5.41) is 9.88. The number of rotatable bonds is 4. The Kier molecular flexibility index (Phi) is 4.31. The van der Waals surface area contributed by atoms with Gasteiger partial charge in [-0.15, -0.1) is 0 Å². The van der Waals surface area contributed by atoms with Crippen LogP contribution in [0.4, 0.5) is 0 Å². The van der Waals surface area contributed by atoms with Crippen LogP contribution in [0.3, 0.4) is 0 Å². The van der Waals surface area contributed by atoms with Crippen LogP contribution in [0.2, 0.25) is 0 Å². The molecular weight excluding hydrogens is 182 g/mol. The van der Waals surface area contributed by atoms with Crippen molar-refractivity contribution >= 4 is 0 Å². The number of piperidine rings is 1. The third-order valence-electron chi connectivity index (χ3n) is 2.69. The lowest BCUT2D eigenvalue weighted by atomic mass is 9.95. The van der Waals surface area contributed by atoms with Crippen molar-refractivity contribution in [3.05, 3.63) is 0 Å². The molecule has 1 aliphatic heterocycles. The highest BCUT2D eigenvalue weighted by Gasteiger charge is 2.29. The van der Waals surface area contributed by atoms with Gasteiger partial charge >= 0.3 is 0 Å². The lowest BCUT2D eigenvalue weighted by Gasteiger charge is -2.37. The Hall–Kier alpha value is -0.160. The van der Waals surface area contributed by atoms with Crippen molar-refractivity contribution in [2.45, 2.75) is 31.7 Å². The van der Waals surface area contributed by atoms with Crippen LogP contribution in [-0.2, 0) is 9.47 Å². The second kappa shape index (κ2) is 5.07. The maximum absolute atomic E-state index is 9.88. The average molecular weight is 203 g/mol. The van der Waals surface area contributed by atoms with Crippen LogP contribution in [0.1, 0.15) is 19.8 Å². The summed E-state index contributed by atoms with van der Waals surface area (Å²) in [5.74, 6) is 0. The molecule has 1 saturated heterocycles. The maximum Gasteiger partial charge on any atom is 0.169 e. The van der Waals surface area contributed by atoms with E-state index >= 15 is 0 Å². The highest BCUT2D eigenvalue weighted by atomic mass is 16.7. The molecule has 0 spiro atoms. The zero-order valence-corrected chi connectivity index (χ0v) is 9.32. The van der Waals surface area contributed by atoms with E-state index in [2.05, 4.69) is 4.90 Å². The lowest BCUT2D eigenvalue weighted by Crippen LogP contribution is -2.48. The number of hydrogen-bond donors (Lipinski definition) is 1. The van der Waals surface area contributed by atoms with Gasteiger partial charge in [0.1, 0.15) is 0 Å². The van der Waals surface area contributed by atoms with Crippen LogP contribution < -0.4 is 0 Å². The van der Waals surface area contributed by atoms with Crippen molar-refractivity contribution in [3.8, 4) is 0 Å². The molecule has 84 valence electrons. The normalized spacial score (nSPS) is 29.8. The van der Waals surface area contributed by atoms with Gasteiger partial charge in [-0.2, -0.15) is 0 Å². The minimum Gasteiger partial charge on any atom is -0.389 e. The second-order valence-corrected chi connectivity index (χ2v) is 4.24. The molecule has 1 fully saturated rings. The fourth-order valence-electron chi connectivity index (χ4n) is 1.94. The van der Waals surface area contributed by atoms with Crippen LogP contribution in [0.15, 0.2) is 0 Å². The summed E-state index contributed by atoms with van der Waals surface area (Å²) in [4.78, 5) is 2.18. The molecule has 0 aliphatic carbocycles. The predicted octanol–water partition coefficient (Wildman–Crippen LogP) is 0.452. The molecule has 0 aromatic rings. The number of hydrogen-bond acceptors (Lipinski definition) is 4. The van der Waals surface area contributed by atoms with E-state index < -0.39 is 5.60 Å². The van der Waals surface area contributed by atoms with Gasteiger partial charge in [-0.25, -0.2) is 0 Å². The van der Waals surface area contributed by atoms with Gasteiger partial charge in [0.15, 0.2) is 6.29 Å². The van der Waals surface area contributed by atoms with Gasteiger partial charge in [0.25, 0.3) is 0 Å². The topological polar surface area (TPSA) is 41.9 Å². The molecule has 0 aromatic heterocycles. The lowest BCUT2D eigenvalue weighted by molar-refractivity contribution is -0.128. The first-order chi connectivity index (χ1) is 6.57. The molecule has 0 aromatic carbocycles. The van der Waals surface area contributed by atoms with Gasteiger partial charge in [-0.3, -0.25) is 4.90 Å². The largest absolute Gasteiger partial charge is 0.389 e. The van der Waals surface area contributed by atoms with E-state index in [9.17, 15) is 5.11 Å². The van der Waals surface area contributed by atoms with Crippen molar-refractivity contribution in [3.63, 3.8) is 0 Å². The Bertz CT molecular complexity index is 169. The number of nitrogens with zero attached hydrogens (tertiary/aromatic N) is 1. The first kappa shape index (κ1) is 11.9. The molecule has 1 rings (SSSR count). The second-order valence-electron chi connectivity index (χ2n) is 4.24. The Labute approximate surface area is 85.8 Å². The zero-order chi connectivity index (χ0) is 10.6. The van der Waals surface area contributed by atoms with Gasteiger partial charge in [-0.1, -0.05) is 0 Å². The molecule has 1 unspecified atom stereocenters. The molecule has 4 heteroatoms. The predicted molar refractivity (Wildman–Crippen MR) is 54.1 cm³/mol. The molecule has 0 saturated carbocycles. The monoisotopic (exact) mass is 203 g/mol. The van der Waals surface area contributed by atoms with Crippen molar-refractivity contribution < 1.29 is 14.6 Å². The summed E-state index contributed by atoms with van der Waals surface area (Å²) in [5.41, 5.74) is -0.551. The zero-order valence-electron chi connectivity index (χ0n) is 9.32. The Morgan fingerprint density at radius 2 is 2.07 bits per heavy atom. The number of aliphatic hydroxyl groups is 1. The molecule has 0 bridgehead atoms. The molecular formula is C10H21NO3. The molecule has 14 heavy (non-hydrogen) atoms. The molecule has 0 radical (unpaired) electrons. The Balaban J connectivity index is 2.37. The van der Waals surface area contributed by atoms with E-state index in [-0.39, 0.29) is 6.29 Å². The quantitative estimate of drug-likeness (QED) is 0.674. The van der Waals surface area contributed by atoms with Crippen LogP contribution in [0.5, 0.6) is 0 Å². The SMILES string of the molecule is COC(CN1CCCC(C)(O)C1)OC. The minimum absolute atomic E-state index is 0.191. The van der Waals surface area contributed by atoms with Crippen LogP contribution in [-0.4, -0.2) is 55.8 Å². The highest BCUT2D eigenvalue weighted by Crippen LogP contribution is 2.20. The van der Waals surface area contributed by atoms with E-state index in [0.29, 0.717) is 6.54 Å². The van der Waals surface area contributed by atoms with Gasteiger partial charge in [0, 0.05) is 27.3 Å². The van der Waals surface area contributed by atoms with Crippen LogP contribution >= 0.6 is 0 Å². The minimum atomic E-state index is -0.551. The summed E-state index contributed by atoms with van der Waals surface area (Å²) in [7, 11) is 3.27. The van der Waals surface area contributed by atoms with Crippen molar-refractivity contribution in [2.24, 2.45) is 0 Å². The van der Waals surface area contributed by atoms with E-state index in [4.69, 9.17) is 9.47 Å². The van der Waals surface area contributed by atoms with Gasteiger partial charge in [0.2, 0.25) is 0 Å².